The average Bonchev–Trinajstić information content (AvgIpc) is 2.32. The Balaban J connectivity index is 2.11. The summed E-state index contributed by atoms with van der Waals surface area (Å²) >= 11 is 0. The van der Waals surface area contributed by atoms with E-state index in [2.05, 4.69) is 15.1 Å². The molecule has 0 spiro atoms. The normalized spacial score (nSPS) is 15.2. The second-order valence-electron chi connectivity index (χ2n) is 4.56. The Labute approximate surface area is 106 Å². The Bertz CT molecular complexity index is 401. The van der Waals surface area contributed by atoms with E-state index in [1.165, 1.54) is 19.3 Å². The molecule has 1 amide bonds. The molecule has 4 N–H and O–H groups in total. The van der Waals surface area contributed by atoms with Gasteiger partial charge in [0.15, 0.2) is 11.5 Å². The number of carbonyl (C=O) groups is 1. The van der Waals surface area contributed by atoms with Crippen LogP contribution in [0.15, 0.2) is 12.1 Å². The van der Waals surface area contributed by atoms with E-state index in [1.807, 2.05) is 6.07 Å². The monoisotopic (exact) mass is 249 g/mol. The number of primary amides is 1. The van der Waals surface area contributed by atoms with Gasteiger partial charge in [0.1, 0.15) is 0 Å². The van der Waals surface area contributed by atoms with Gasteiger partial charge in [0.25, 0.3) is 5.91 Å². The maximum absolute atomic E-state index is 10.9. The number of nitrogens with zero attached hydrogens (tertiary/aromatic N) is 3. The van der Waals surface area contributed by atoms with Crippen molar-refractivity contribution >= 4 is 11.7 Å². The fraction of sp³-hybridized carbons (Fsp3) is 0.583. The van der Waals surface area contributed by atoms with Crippen LogP contribution in [0, 0.1) is 0 Å². The molecule has 0 aromatic carbocycles. The molecule has 18 heavy (non-hydrogen) atoms. The molecule has 6 heteroatoms. The number of carbonyl (C=O) groups excluding carboxylic acids is 1. The molecule has 1 fully saturated rings. The first-order valence-corrected chi connectivity index (χ1v) is 6.32. The zero-order valence-corrected chi connectivity index (χ0v) is 10.4. The van der Waals surface area contributed by atoms with Gasteiger partial charge in [-0.15, -0.1) is 10.2 Å². The molecule has 1 aliphatic rings. The Morgan fingerprint density at radius 3 is 2.61 bits per heavy atom. The number of hydrogen-bond acceptors (Lipinski definition) is 5. The van der Waals surface area contributed by atoms with E-state index in [4.69, 9.17) is 11.5 Å². The number of rotatable bonds is 6. The van der Waals surface area contributed by atoms with Crippen molar-refractivity contribution < 1.29 is 4.79 Å². The molecule has 2 rings (SSSR count). The van der Waals surface area contributed by atoms with Crippen molar-refractivity contribution in [3.8, 4) is 0 Å². The Morgan fingerprint density at radius 1 is 1.39 bits per heavy atom. The van der Waals surface area contributed by atoms with Crippen LogP contribution in [0.1, 0.15) is 36.2 Å². The zero-order valence-electron chi connectivity index (χ0n) is 10.4. The highest BCUT2D eigenvalue weighted by Gasteiger charge is 2.25. The van der Waals surface area contributed by atoms with Crippen molar-refractivity contribution in [3.05, 3.63) is 17.8 Å². The van der Waals surface area contributed by atoms with Gasteiger partial charge in [0, 0.05) is 12.6 Å². The highest BCUT2D eigenvalue weighted by atomic mass is 16.1. The van der Waals surface area contributed by atoms with Gasteiger partial charge in [-0.05, 0) is 44.4 Å². The number of amides is 1. The van der Waals surface area contributed by atoms with Crippen molar-refractivity contribution in [2.24, 2.45) is 11.5 Å². The second-order valence-corrected chi connectivity index (χ2v) is 4.56. The lowest BCUT2D eigenvalue weighted by atomic mass is 9.91. The van der Waals surface area contributed by atoms with E-state index in [9.17, 15) is 4.79 Å². The predicted octanol–water partition coefficient (Wildman–Crippen LogP) is 0.283. The molecule has 0 aliphatic heterocycles. The lowest BCUT2D eigenvalue weighted by molar-refractivity contribution is 0.0994. The van der Waals surface area contributed by atoms with Crippen molar-refractivity contribution in [3.63, 3.8) is 0 Å². The minimum absolute atomic E-state index is 0.200. The summed E-state index contributed by atoms with van der Waals surface area (Å²) in [6.07, 6.45) is 4.56. The number of aromatic nitrogens is 2. The van der Waals surface area contributed by atoms with E-state index in [1.54, 1.807) is 6.07 Å². The highest BCUT2D eigenvalue weighted by Crippen LogP contribution is 2.28. The number of anilines is 1. The van der Waals surface area contributed by atoms with E-state index in [0.29, 0.717) is 12.6 Å². The summed E-state index contributed by atoms with van der Waals surface area (Å²) < 4.78 is 0. The van der Waals surface area contributed by atoms with Gasteiger partial charge in [0.2, 0.25) is 0 Å². The summed E-state index contributed by atoms with van der Waals surface area (Å²) in [6, 6.07) is 3.96. The van der Waals surface area contributed by atoms with Crippen molar-refractivity contribution in [1.82, 2.24) is 10.2 Å². The molecule has 1 aromatic rings. The van der Waals surface area contributed by atoms with E-state index >= 15 is 0 Å². The predicted molar refractivity (Wildman–Crippen MR) is 69.2 cm³/mol. The molecule has 0 atom stereocenters. The fourth-order valence-corrected chi connectivity index (χ4v) is 2.05. The standard InChI is InChI=1S/C12H19N5O/c13-7-2-8-17(9-3-1-4-9)11-6-5-10(12(14)18)15-16-11/h5-6,9H,1-4,7-8,13H2,(H2,14,18). The van der Waals surface area contributed by atoms with E-state index in [-0.39, 0.29) is 5.69 Å². The topological polar surface area (TPSA) is 98.1 Å². The number of hydrogen-bond donors (Lipinski definition) is 2. The van der Waals surface area contributed by atoms with Gasteiger partial charge >= 0.3 is 0 Å². The molecule has 6 nitrogen and oxygen atoms in total. The van der Waals surface area contributed by atoms with Crippen LogP contribution in [-0.2, 0) is 0 Å². The first-order chi connectivity index (χ1) is 8.72. The molecular weight excluding hydrogens is 230 g/mol. The van der Waals surface area contributed by atoms with Crippen LogP contribution in [0.2, 0.25) is 0 Å². The van der Waals surface area contributed by atoms with E-state index < -0.39 is 5.91 Å². The lowest BCUT2D eigenvalue weighted by Gasteiger charge is -2.38. The Kier molecular flexibility index (Phi) is 4.09. The third-order valence-corrected chi connectivity index (χ3v) is 3.32. The maximum atomic E-state index is 10.9. The highest BCUT2D eigenvalue weighted by molar-refractivity contribution is 5.90. The second kappa shape index (κ2) is 5.77. The molecule has 98 valence electrons. The molecule has 0 radical (unpaired) electrons. The van der Waals surface area contributed by atoms with Crippen LogP contribution in [-0.4, -0.2) is 35.2 Å². The van der Waals surface area contributed by atoms with Crippen molar-refractivity contribution in [2.75, 3.05) is 18.0 Å². The van der Waals surface area contributed by atoms with Gasteiger partial charge in [-0.2, -0.15) is 0 Å². The molecule has 1 saturated carbocycles. The van der Waals surface area contributed by atoms with Crippen LogP contribution in [0.25, 0.3) is 0 Å². The van der Waals surface area contributed by atoms with Crippen LogP contribution >= 0.6 is 0 Å². The first-order valence-electron chi connectivity index (χ1n) is 6.32. The van der Waals surface area contributed by atoms with Gasteiger partial charge in [0.05, 0.1) is 0 Å². The van der Waals surface area contributed by atoms with Crippen LogP contribution in [0.4, 0.5) is 5.82 Å². The molecule has 0 saturated heterocycles. The summed E-state index contributed by atoms with van der Waals surface area (Å²) in [5, 5.41) is 7.94. The Morgan fingerprint density at radius 2 is 2.17 bits per heavy atom. The Hall–Kier alpha value is -1.69. The minimum Gasteiger partial charge on any atom is -0.364 e. The smallest absolute Gasteiger partial charge is 0.269 e. The minimum atomic E-state index is -0.550. The molecule has 0 bridgehead atoms. The summed E-state index contributed by atoms with van der Waals surface area (Å²) in [4.78, 5) is 13.2. The molecule has 0 unspecified atom stereocenters. The van der Waals surface area contributed by atoms with Gasteiger partial charge < -0.3 is 16.4 Å². The lowest BCUT2D eigenvalue weighted by Crippen LogP contribution is -2.42. The fourth-order valence-electron chi connectivity index (χ4n) is 2.05. The summed E-state index contributed by atoms with van der Waals surface area (Å²) in [7, 11) is 0. The third-order valence-electron chi connectivity index (χ3n) is 3.32. The van der Waals surface area contributed by atoms with Crippen molar-refractivity contribution in [1.29, 1.82) is 0 Å². The van der Waals surface area contributed by atoms with Crippen LogP contribution in [0.5, 0.6) is 0 Å². The molecule has 1 heterocycles. The van der Waals surface area contributed by atoms with Crippen LogP contribution < -0.4 is 16.4 Å². The zero-order chi connectivity index (χ0) is 13.0. The summed E-state index contributed by atoms with van der Waals surface area (Å²) in [6.45, 7) is 1.54. The molecule has 1 aromatic heterocycles. The quantitative estimate of drug-likeness (QED) is 0.754. The van der Waals surface area contributed by atoms with Gasteiger partial charge in [-0.25, -0.2) is 0 Å². The summed E-state index contributed by atoms with van der Waals surface area (Å²) in [5.41, 5.74) is 10.9. The van der Waals surface area contributed by atoms with Crippen molar-refractivity contribution in [2.45, 2.75) is 31.7 Å². The van der Waals surface area contributed by atoms with Crippen LogP contribution in [0.3, 0.4) is 0 Å². The summed E-state index contributed by atoms with van der Waals surface area (Å²) in [5.74, 6) is 0.254. The van der Waals surface area contributed by atoms with Gasteiger partial charge in [-0.1, -0.05) is 0 Å². The maximum Gasteiger partial charge on any atom is 0.269 e. The largest absolute Gasteiger partial charge is 0.364 e. The van der Waals surface area contributed by atoms with Gasteiger partial charge in [-0.3, -0.25) is 4.79 Å². The average molecular weight is 249 g/mol. The SMILES string of the molecule is NCCCN(c1ccc(C(N)=O)nn1)C1CCC1. The molecular formula is C12H19N5O. The third kappa shape index (κ3) is 2.76. The molecule has 1 aliphatic carbocycles. The van der Waals surface area contributed by atoms with E-state index in [0.717, 1.165) is 18.8 Å². The number of nitrogens with two attached hydrogens (primary N) is 2. The first kappa shape index (κ1) is 12.8.